The van der Waals surface area contributed by atoms with Crippen LogP contribution in [0.25, 0.3) is 4.72 Å². The summed E-state index contributed by atoms with van der Waals surface area (Å²) < 4.78 is 35.6. The smallest absolute Gasteiger partial charge is 0.573 e. The Labute approximate surface area is 228 Å². The first kappa shape index (κ1) is 28.7. The van der Waals surface area contributed by atoms with Crippen LogP contribution in [0.1, 0.15) is 17.3 Å². The van der Waals surface area contributed by atoms with Crippen LogP contribution in [0, 0.1) is 3.57 Å². The van der Waals surface area contributed by atoms with Gasteiger partial charge >= 0.3 is 29.6 Å². The van der Waals surface area contributed by atoms with E-state index >= 15 is 0 Å². The van der Waals surface area contributed by atoms with Crippen molar-refractivity contribution in [2.75, 3.05) is 13.6 Å². The molecule has 1 N–H and O–H groups in total. The average molecular weight is 596 g/mol. The van der Waals surface area contributed by atoms with Gasteiger partial charge in [-0.05, 0) is 59.8 Å². The first-order valence-electron chi connectivity index (χ1n) is 8.98. The van der Waals surface area contributed by atoms with Gasteiger partial charge in [0.2, 0.25) is 0 Å². The minimum atomic E-state index is -3.95. The van der Waals surface area contributed by atoms with E-state index < -0.39 is 15.9 Å². The van der Waals surface area contributed by atoms with E-state index in [9.17, 15) is 13.2 Å². The number of rotatable bonds is 9. The molecule has 0 heterocycles. The molecule has 0 unspecified atom stereocenters. The first-order chi connectivity index (χ1) is 14.7. The fourth-order valence-electron chi connectivity index (χ4n) is 2.38. The molecule has 0 spiro atoms. The summed E-state index contributed by atoms with van der Waals surface area (Å²) in [6.07, 6.45) is 2.85. The van der Waals surface area contributed by atoms with E-state index in [1.54, 1.807) is 26.1 Å². The minimum Gasteiger partial charge on any atom is -0.573 e. The van der Waals surface area contributed by atoms with Crippen LogP contribution in [-0.2, 0) is 10.0 Å². The Kier molecular flexibility index (Phi) is 12.0. The third-order valence-electron chi connectivity index (χ3n) is 3.67. The maximum absolute atomic E-state index is 12.6. The zero-order valence-electron chi connectivity index (χ0n) is 17.8. The number of halogens is 2. The van der Waals surface area contributed by atoms with Gasteiger partial charge in [-0.2, -0.15) is 0 Å². The van der Waals surface area contributed by atoms with E-state index in [-0.39, 0.29) is 57.2 Å². The van der Waals surface area contributed by atoms with Gasteiger partial charge in [-0.3, -0.25) is 9.79 Å². The quantitative estimate of drug-likeness (QED) is 0.158. The van der Waals surface area contributed by atoms with Crippen molar-refractivity contribution in [3.8, 4) is 5.75 Å². The molecule has 0 saturated carbocycles. The number of carbonyl (C=O) groups is 1. The second-order valence-corrected chi connectivity index (χ2v) is 9.33. The molecule has 0 saturated heterocycles. The molecule has 2 aromatic carbocycles. The van der Waals surface area contributed by atoms with E-state index in [0.29, 0.717) is 11.6 Å². The molecule has 0 aromatic heterocycles. The fourth-order valence-corrected chi connectivity index (χ4v) is 3.94. The number of benzene rings is 2. The number of amides is 1. The fraction of sp³-hybridized carbons (Fsp3) is 0.143. The number of ether oxygens (including phenoxy) is 1. The molecule has 2 aromatic rings. The molecular formula is C21H20ClIN3NaO4S. The number of aliphatic imine (C=N–C) groups is 1. The molecule has 0 bridgehead atoms. The first-order valence-corrected chi connectivity index (χ1v) is 11.9. The maximum atomic E-state index is 12.6. The number of sulfonamides is 1. The monoisotopic (exact) mass is 595 g/mol. The SMILES string of the molecule is C=C(/C=C(/Cl)C=NC)Oc1ccc([N-]S(=O)(=O)c2ccc(I)cc2)cc1C(=O)NCC.[Na+]. The van der Waals surface area contributed by atoms with Crippen molar-refractivity contribution in [2.24, 2.45) is 4.99 Å². The van der Waals surface area contributed by atoms with Crippen LogP contribution in [0.5, 0.6) is 5.75 Å². The van der Waals surface area contributed by atoms with Crippen LogP contribution in [0.15, 0.2) is 75.8 Å². The molecule has 1 amide bonds. The Morgan fingerprint density at radius 3 is 2.53 bits per heavy atom. The Hall–Kier alpha value is -1.37. The Morgan fingerprint density at radius 2 is 1.94 bits per heavy atom. The van der Waals surface area contributed by atoms with Crippen LogP contribution in [0.3, 0.4) is 0 Å². The molecule has 164 valence electrons. The van der Waals surface area contributed by atoms with E-state index in [1.807, 2.05) is 0 Å². The number of nitrogens with one attached hydrogen (secondary N) is 1. The number of hydrogen-bond donors (Lipinski definition) is 1. The standard InChI is InChI=1S/C21H20ClIN3O4S.Na/c1-4-25-21(27)19-12-17(26-31(28,29)18-8-5-16(23)6-9-18)7-10-20(19)30-14(2)11-15(22)13-24-3;/h5-13H,2,4H2,1,3H3,(H,25,27);/q-1;+1/b15-11+,24-13?;. The largest absolute Gasteiger partial charge is 1.00 e. The summed E-state index contributed by atoms with van der Waals surface area (Å²) in [5, 5.41) is 2.96. The third kappa shape index (κ3) is 8.53. The Balaban J connectivity index is 0.00000512. The minimum absolute atomic E-state index is 0. The molecular weight excluding hydrogens is 576 g/mol. The predicted octanol–water partition coefficient (Wildman–Crippen LogP) is 2.15. The van der Waals surface area contributed by atoms with Crippen molar-refractivity contribution in [3.05, 3.63) is 79.8 Å². The average Bonchev–Trinajstić information content (AvgIpc) is 2.69. The van der Waals surface area contributed by atoms with Gasteiger partial charge in [-0.1, -0.05) is 30.3 Å². The van der Waals surface area contributed by atoms with Crippen molar-refractivity contribution in [1.82, 2.24) is 5.32 Å². The van der Waals surface area contributed by atoms with Crippen molar-refractivity contribution in [3.63, 3.8) is 0 Å². The van der Waals surface area contributed by atoms with E-state index in [0.717, 1.165) is 3.57 Å². The number of allylic oxidation sites excluding steroid dienone is 2. The Morgan fingerprint density at radius 1 is 1.28 bits per heavy atom. The summed E-state index contributed by atoms with van der Waals surface area (Å²) in [6, 6.07) is 10.5. The predicted molar refractivity (Wildman–Crippen MR) is 132 cm³/mol. The molecule has 0 fully saturated rings. The molecule has 0 radical (unpaired) electrons. The number of carbonyl (C=O) groups excluding carboxylic acids is 1. The van der Waals surface area contributed by atoms with E-state index in [1.165, 1.54) is 42.6 Å². The van der Waals surface area contributed by atoms with Gasteiger partial charge in [0.15, 0.2) is 0 Å². The summed E-state index contributed by atoms with van der Waals surface area (Å²) in [4.78, 5) is 16.4. The summed E-state index contributed by atoms with van der Waals surface area (Å²) in [5.74, 6) is -0.0958. The second kappa shape index (κ2) is 13.4. The topological polar surface area (TPSA) is 98.9 Å². The van der Waals surface area contributed by atoms with Gasteiger partial charge in [0.25, 0.3) is 5.91 Å². The van der Waals surface area contributed by atoms with E-state index in [4.69, 9.17) is 16.3 Å². The van der Waals surface area contributed by atoms with Crippen molar-refractivity contribution in [1.29, 1.82) is 0 Å². The maximum Gasteiger partial charge on any atom is 1.00 e. The molecule has 0 aliphatic rings. The normalized spacial score (nSPS) is 11.6. The molecule has 2 rings (SSSR count). The summed E-state index contributed by atoms with van der Waals surface area (Å²) in [7, 11) is -2.38. The number of nitrogens with zero attached hydrogens (tertiary/aromatic N) is 2. The zero-order chi connectivity index (χ0) is 23.0. The van der Waals surface area contributed by atoms with E-state index in [2.05, 4.69) is 44.2 Å². The molecule has 0 aliphatic carbocycles. The molecule has 0 aliphatic heterocycles. The van der Waals surface area contributed by atoms with Crippen LogP contribution in [0.4, 0.5) is 5.69 Å². The van der Waals surface area contributed by atoms with Gasteiger partial charge in [0, 0.05) is 29.5 Å². The van der Waals surface area contributed by atoms with Gasteiger partial charge < -0.3 is 14.8 Å². The van der Waals surface area contributed by atoms with Crippen LogP contribution in [-0.4, -0.2) is 34.1 Å². The number of hydrogen-bond acceptors (Lipinski definition) is 5. The van der Waals surface area contributed by atoms with Crippen molar-refractivity contribution < 1.29 is 47.5 Å². The van der Waals surface area contributed by atoms with Crippen LogP contribution in [0.2, 0.25) is 0 Å². The van der Waals surface area contributed by atoms with Crippen LogP contribution >= 0.6 is 34.2 Å². The van der Waals surface area contributed by atoms with Gasteiger partial charge in [0.1, 0.15) is 21.5 Å². The summed E-state index contributed by atoms with van der Waals surface area (Å²) >= 11 is 8.05. The Bertz CT molecular complexity index is 1140. The van der Waals surface area contributed by atoms with Gasteiger partial charge in [0.05, 0.1) is 15.5 Å². The van der Waals surface area contributed by atoms with Crippen LogP contribution < -0.4 is 39.6 Å². The van der Waals surface area contributed by atoms with Gasteiger partial charge in [-0.25, -0.2) is 8.42 Å². The summed E-state index contributed by atoms with van der Waals surface area (Å²) in [5.41, 5.74) is 0.195. The van der Waals surface area contributed by atoms with Crippen molar-refractivity contribution >= 4 is 62.0 Å². The van der Waals surface area contributed by atoms with Crippen molar-refractivity contribution in [2.45, 2.75) is 11.8 Å². The summed E-state index contributed by atoms with van der Waals surface area (Å²) in [6.45, 7) is 5.89. The molecule has 7 nitrogen and oxygen atoms in total. The van der Waals surface area contributed by atoms with Gasteiger partial charge in [-0.15, -0.1) is 5.69 Å². The molecule has 32 heavy (non-hydrogen) atoms. The molecule has 11 heteroatoms. The third-order valence-corrected chi connectivity index (χ3v) is 5.92. The zero-order valence-corrected chi connectivity index (χ0v) is 23.5. The molecule has 0 atom stereocenters. The second-order valence-electron chi connectivity index (χ2n) is 6.05.